The predicted molar refractivity (Wildman–Crippen MR) is 68.6 cm³/mol. The normalized spacial score (nSPS) is 17.1. The highest BCUT2D eigenvalue weighted by Gasteiger charge is 2.13. The van der Waals surface area contributed by atoms with Crippen LogP contribution in [0.25, 0.3) is 11.4 Å². The molecule has 0 amide bonds. The van der Waals surface area contributed by atoms with Gasteiger partial charge in [-0.25, -0.2) is 0 Å². The Kier molecular flexibility index (Phi) is 3.68. The molecule has 0 saturated carbocycles. The van der Waals surface area contributed by atoms with Crippen molar-refractivity contribution < 1.29 is 9.26 Å². The van der Waals surface area contributed by atoms with Gasteiger partial charge in [0.1, 0.15) is 0 Å². The summed E-state index contributed by atoms with van der Waals surface area (Å²) in [7, 11) is 0. The molecule has 0 bridgehead atoms. The van der Waals surface area contributed by atoms with Crippen molar-refractivity contribution in [2.24, 2.45) is 0 Å². The number of ether oxygens (including phenoxy) is 1. The topological polar surface area (TPSA) is 51.4 Å². The smallest absolute Gasteiger partial charge is 0.228 e. The van der Waals surface area contributed by atoms with Gasteiger partial charge in [0.05, 0.1) is 13.2 Å². The van der Waals surface area contributed by atoms with Crippen molar-refractivity contribution in [3.8, 4) is 11.4 Å². The van der Waals surface area contributed by atoms with E-state index in [0.29, 0.717) is 11.7 Å². The summed E-state index contributed by atoms with van der Waals surface area (Å²) in [6.45, 7) is 4.58. The molecule has 0 aromatic carbocycles. The van der Waals surface area contributed by atoms with E-state index in [0.717, 1.165) is 44.8 Å². The molecule has 3 rings (SSSR count). The Bertz CT molecular complexity index is 477. The van der Waals surface area contributed by atoms with Crippen molar-refractivity contribution in [2.45, 2.75) is 6.42 Å². The van der Waals surface area contributed by atoms with Gasteiger partial charge in [-0.1, -0.05) is 5.16 Å². The summed E-state index contributed by atoms with van der Waals surface area (Å²) < 4.78 is 10.6. The van der Waals surface area contributed by atoms with Gasteiger partial charge in [-0.05, 0) is 11.4 Å². The van der Waals surface area contributed by atoms with E-state index in [4.69, 9.17) is 9.26 Å². The number of nitrogens with zero attached hydrogens (tertiary/aromatic N) is 3. The second-order valence-corrected chi connectivity index (χ2v) is 5.01. The second kappa shape index (κ2) is 5.60. The fourth-order valence-corrected chi connectivity index (χ4v) is 2.58. The van der Waals surface area contributed by atoms with E-state index in [2.05, 4.69) is 15.0 Å². The molecule has 6 heteroatoms. The van der Waals surface area contributed by atoms with Gasteiger partial charge in [0, 0.05) is 37.0 Å². The molecule has 0 unspecified atom stereocenters. The van der Waals surface area contributed by atoms with E-state index in [1.54, 1.807) is 11.3 Å². The number of aromatic nitrogens is 2. The molecule has 5 nitrogen and oxygen atoms in total. The molecule has 18 heavy (non-hydrogen) atoms. The highest BCUT2D eigenvalue weighted by atomic mass is 32.1. The summed E-state index contributed by atoms with van der Waals surface area (Å²) >= 11 is 1.64. The molecular formula is C12H15N3O2S. The molecule has 96 valence electrons. The van der Waals surface area contributed by atoms with Crippen LogP contribution in [0.2, 0.25) is 0 Å². The minimum atomic E-state index is 0.688. The molecule has 1 fully saturated rings. The highest BCUT2D eigenvalue weighted by Crippen LogP contribution is 2.18. The molecule has 2 aromatic rings. The first-order valence-corrected chi connectivity index (χ1v) is 7.01. The molecule has 2 aromatic heterocycles. The lowest BCUT2D eigenvalue weighted by Gasteiger charge is -2.25. The van der Waals surface area contributed by atoms with E-state index in [1.165, 1.54) is 0 Å². The average molecular weight is 265 g/mol. The van der Waals surface area contributed by atoms with E-state index in [9.17, 15) is 0 Å². The lowest BCUT2D eigenvalue weighted by Crippen LogP contribution is -2.37. The zero-order valence-corrected chi connectivity index (χ0v) is 10.9. The second-order valence-electron chi connectivity index (χ2n) is 4.23. The van der Waals surface area contributed by atoms with Crippen LogP contribution in [-0.4, -0.2) is 47.9 Å². The summed E-state index contributed by atoms with van der Waals surface area (Å²) in [6, 6.07) is 2.00. The standard InChI is InChI=1S/C12H15N3O2S/c1(3-15-4-6-16-7-5-15)11-13-12(14-17-11)10-2-8-18-9-10/h2,8-9H,1,3-7H2. The summed E-state index contributed by atoms with van der Waals surface area (Å²) in [5.74, 6) is 1.40. The maximum atomic E-state index is 5.31. The van der Waals surface area contributed by atoms with Gasteiger partial charge in [-0.15, -0.1) is 0 Å². The average Bonchev–Trinajstić information content (AvgIpc) is 3.08. The molecule has 0 aliphatic carbocycles. The minimum absolute atomic E-state index is 0.688. The Morgan fingerprint density at radius 2 is 2.22 bits per heavy atom. The van der Waals surface area contributed by atoms with Crippen LogP contribution >= 0.6 is 11.3 Å². The number of hydrogen-bond acceptors (Lipinski definition) is 6. The summed E-state index contributed by atoms with van der Waals surface area (Å²) in [4.78, 5) is 6.77. The zero-order valence-electron chi connectivity index (χ0n) is 10.0. The van der Waals surface area contributed by atoms with Gasteiger partial charge in [-0.2, -0.15) is 16.3 Å². The maximum Gasteiger partial charge on any atom is 0.228 e. The molecule has 0 atom stereocenters. The molecule has 0 spiro atoms. The van der Waals surface area contributed by atoms with Crippen LogP contribution in [0.4, 0.5) is 0 Å². The molecule has 3 heterocycles. The third-order valence-corrected chi connectivity index (χ3v) is 3.68. The summed E-state index contributed by atoms with van der Waals surface area (Å²) in [5.41, 5.74) is 1.03. The molecule has 1 saturated heterocycles. The minimum Gasteiger partial charge on any atom is -0.379 e. The first-order valence-electron chi connectivity index (χ1n) is 6.07. The zero-order chi connectivity index (χ0) is 12.2. The summed E-state index contributed by atoms with van der Waals surface area (Å²) in [6.07, 6.45) is 0.803. The van der Waals surface area contributed by atoms with Gasteiger partial charge < -0.3 is 9.26 Å². The molecule has 1 aliphatic rings. The fraction of sp³-hybridized carbons (Fsp3) is 0.500. The SMILES string of the molecule is c1cc(-c2noc(CCN3CCOCC3)n2)cs1. The molecule has 1 aliphatic heterocycles. The van der Waals surface area contributed by atoms with Crippen molar-refractivity contribution in [1.29, 1.82) is 0 Å². The van der Waals surface area contributed by atoms with E-state index in [1.807, 2.05) is 16.8 Å². The van der Waals surface area contributed by atoms with E-state index >= 15 is 0 Å². The maximum absolute atomic E-state index is 5.31. The third kappa shape index (κ3) is 2.77. The van der Waals surface area contributed by atoms with Crippen LogP contribution in [0.3, 0.4) is 0 Å². The van der Waals surface area contributed by atoms with Crippen LogP contribution in [-0.2, 0) is 11.2 Å². The largest absolute Gasteiger partial charge is 0.379 e. The van der Waals surface area contributed by atoms with Crippen LogP contribution in [0.1, 0.15) is 5.89 Å². The van der Waals surface area contributed by atoms with Gasteiger partial charge in [0.25, 0.3) is 0 Å². The van der Waals surface area contributed by atoms with Crippen LogP contribution in [0.5, 0.6) is 0 Å². The van der Waals surface area contributed by atoms with Crippen molar-refractivity contribution in [3.63, 3.8) is 0 Å². The predicted octanol–water partition coefficient (Wildman–Crippen LogP) is 1.67. The number of rotatable bonds is 4. The van der Waals surface area contributed by atoms with Gasteiger partial charge in [-0.3, -0.25) is 4.90 Å². The summed E-state index contributed by atoms with van der Waals surface area (Å²) in [5, 5.41) is 8.04. The lowest BCUT2D eigenvalue weighted by atomic mass is 10.3. The quantitative estimate of drug-likeness (QED) is 0.841. The molecular weight excluding hydrogens is 250 g/mol. The Labute approximate surface area is 109 Å². The monoisotopic (exact) mass is 265 g/mol. The van der Waals surface area contributed by atoms with Gasteiger partial charge in [0.2, 0.25) is 11.7 Å². The van der Waals surface area contributed by atoms with E-state index in [-0.39, 0.29) is 0 Å². The lowest BCUT2D eigenvalue weighted by molar-refractivity contribution is 0.0375. The number of morpholine rings is 1. The first-order chi connectivity index (χ1) is 8.92. The Balaban J connectivity index is 1.57. The Morgan fingerprint density at radius 1 is 1.33 bits per heavy atom. The first kappa shape index (κ1) is 11.8. The Morgan fingerprint density at radius 3 is 3.00 bits per heavy atom. The van der Waals surface area contributed by atoms with E-state index < -0.39 is 0 Å². The van der Waals surface area contributed by atoms with Crippen molar-refractivity contribution in [2.75, 3.05) is 32.8 Å². The van der Waals surface area contributed by atoms with Crippen LogP contribution in [0.15, 0.2) is 21.3 Å². The molecule has 0 radical (unpaired) electrons. The van der Waals surface area contributed by atoms with Crippen molar-refractivity contribution in [3.05, 3.63) is 22.7 Å². The van der Waals surface area contributed by atoms with Crippen molar-refractivity contribution >= 4 is 11.3 Å². The number of hydrogen-bond donors (Lipinski definition) is 0. The van der Waals surface area contributed by atoms with Crippen LogP contribution < -0.4 is 0 Å². The van der Waals surface area contributed by atoms with Crippen molar-refractivity contribution in [1.82, 2.24) is 15.0 Å². The van der Waals surface area contributed by atoms with Gasteiger partial charge in [0.15, 0.2) is 0 Å². The van der Waals surface area contributed by atoms with Gasteiger partial charge >= 0.3 is 0 Å². The molecule has 0 N–H and O–H groups in total. The fourth-order valence-electron chi connectivity index (χ4n) is 1.94. The highest BCUT2D eigenvalue weighted by molar-refractivity contribution is 7.08. The third-order valence-electron chi connectivity index (χ3n) is 2.99. The number of thiophene rings is 1. The Hall–Kier alpha value is -1.24. The van der Waals surface area contributed by atoms with Crippen LogP contribution in [0, 0.1) is 0 Å².